The lowest BCUT2D eigenvalue weighted by molar-refractivity contribution is 0.157. The zero-order valence-electron chi connectivity index (χ0n) is 14.3. The van der Waals surface area contributed by atoms with Crippen LogP contribution >= 0.6 is 11.3 Å². The van der Waals surface area contributed by atoms with Crippen LogP contribution in [0.1, 0.15) is 37.9 Å². The molecule has 0 amide bonds. The first-order valence-corrected chi connectivity index (χ1v) is 8.71. The number of hydrogen-bond donors (Lipinski definition) is 1. The van der Waals surface area contributed by atoms with E-state index in [1.165, 1.54) is 6.42 Å². The monoisotopic (exact) mass is 324 g/mol. The lowest BCUT2D eigenvalue weighted by Gasteiger charge is -2.21. The summed E-state index contributed by atoms with van der Waals surface area (Å²) in [5, 5.41) is 6.71. The van der Waals surface area contributed by atoms with Gasteiger partial charge in [-0.15, -0.1) is 11.3 Å². The maximum atomic E-state index is 5.26. The Morgan fingerprint density at radius 3 is 2.91 bits per heavy atom. The molecule has 6 heteroatoms. The molecule has 124 valence electrons. The van der Waals surface area contributed by atoms with Gasteiger partial charge in [0.1, 0.15) is 5.01 Å². The van der Waals surface area contributed by atoms with Crippen molar-refractivity contribution in [2.75, 3.05) is 33.9 Å². The molecule has 0 aliphatic carbocycles. The van der Waals surface area contributed by atoms with Crippen LogP contribution in [-0.2, 0) is 16.7 Å². The van der Waals surface area contributed by atoms with Gasteiger partial charge in [-0.3, -0.25) is 4.99 Å². The van der Waals surface area contributed by atoms with Gasteiger partial charge in [0.15, 0.2) is 5.96 Å². The second kappa shape index (κ2) is 7.42. The fourth-order valence-corrected chi connectivity index (χ4v) is 3.58. The summed E-state index contributed by atoms with van der Waals surface area (Å²) in [5.41, 5.74) is 1.27. The van der Waals surface area contributed by atoms with Crippen molar-refractivity contribution in [1.29, 1.82) is 0 Å². The van der Waals surface area contributed by atoms with Gasteiger partial charge in [-0.05, 0) is 6.42 Å². The number of thiazole rings is 1. The van der Waals surface area contributed by atoms with Crippen LogP contribution in [0.25, 0.3) is 0 Å². The summed E-state index contributed by atoms with van der Waals surface area (Å²) in [4.78, 5) is 11.4. The second-order valence-corrected chi connectivity index (χ2v) is 7.78. The first-order chi connectivity index (χ1) is 10.4. The van der Waals surface area contributed by atoms with E-state index >= 15 is 0 Å². The molecule has 0 bridgehead atoms. The summed E-state index contributed by atoms with van der Waals surface area (Å²) in [5.74, 6) is 1.57. The minimum Gasteiger partial charge on any atom is -0.384 e. The third-order valence-corrected chi connectivity index (χ3v) is 4.77. The highest BCUT2D eigenvalue weighted by molar-refractivity contribution is 7.09. The number of hydrogen-bond acceptors (Lipinski definition) is 4. The fourth-order valence-electron chi connectivity index (χ4n) is 2.62. The van der Waals surface area contributed by atoms with Gasteiger partial charge in [0.25, 0.3) is 0 Å². The molecule has 0 radical (unpaired) electrons. The molecule has 1 aliphatic rings. The molecule has 22 heavy (non-hydrogen) atoms. The SMILES string of the molecule is CN=C(NCc1nc(C(C)(C)C)cs1)N1CCC(COC)C1. The van der Waals surface area contributed by atoms with Crippen molar-refractivity contribution < 1.29 is 4.74 Å². The highest BCUT2D eigenvalue weighted by Crippen LogP contribution is 2.24. The first-order valence-electron chi connectivity index (χ1n) is 7.83. The number of guanidine groups is 1. The lowest BCUT2D eigenvalue weighted by atomic mass is 9.93. The summed E-state index contributed by atoms with van der Waals surface area (Å²) in [7, 11) is 3.61. The van der Waals surface area contributed by atoms with Crippen LogP contribution in [0, 0.1) is 5.92 Å². The Morgan fingerprint density at radius 2 is 2.32 bits per heavy atom. The highest BCUT2D eigenvalue weighted by Gasteiger charge is 2.25. The second-order valence-electron chi connectivity index (χ2n) is 6.83. The summed E-state index contributed by atoms with van der Waals surface area (Å²) in [6, 6.07) is 0. The van der Waals surface area contributed by atoms with E-state index in [1.54, 1.807) is 18.4 Å². The molecular weight excluding hydrogens is 296 g/mol. The molecule has 5 nitrogen and oxygen atoms in total. The summed E-state index contributed by atoms with van der Waals surface area (Å²) < 4.78 is 5.26. The highest BCUT2D eigenvalue weighted by atomic mass is 32.1. The number of nitrogens with one attached hydrogen (secondary N) is 1. The van der Waals surface area contributed by atoms with Crippen molar-refractivity contribution in [3.05, 3.63) is 16.1 Å². The maximum absolute atomic E-state index is 5.26. The quantitative estimate of drug-likeness (QED) is 0.683. The van der Waals surface area contributed by atoms with Gasteiger partial charge in [-0.1, -0.05) is 20.8 Å². The Hall–Kier alpha value is -1.14. The average molecular weight is 324 g/mol. The number of ether oxygens (including phenoxy) is 1. The third-order valence-electron chi connectivity index (χ3n) is 3.92. The van der Waals surface area contributed by atoms with Gasteiger partial charge in [0.2, 0.25) is 0 Å². The number of aromatic nitrogens is 1. The van der Waals surface area contributed by atoms with Crippen molar-refractivity contribution >= 4 is 17.3 Å². The number of nitrogens with zero attached hydrogens (tertiary/aromatic N) is 3. The summed E-state index contributed by atoms with van der Waals surface area (Å²) >= 11 is 1.71. The van der Waals surface area contributed by atoms with Crippen LogP contribution < -0.4 is 5.32 Å². The third kappa shape index (κ3) is 4.43. The van der Waals surface area contributed by atoms with E-state index in [2.05, 4.69) is 41.4 Å². The zero-order chi connectivity index (χ0) is 16.2. The Balaban J connectivity index is 1.88. The van der Waals surface area contributed by atoms with Crippen molar-refractivity contribution in [3.8, 4) is 0 Å². The van der Waals surface area contributed by atoms with Gasteiger partial charge in [0, 0.05) is 44.0 Å². The van der Waals surface area contributed by atoms with Crippen molar-refractivity contribution in [1.82, 2.24) is 15.2 Å². The molecule has 1 aromatic rings. The smallest absolute Gasteiger partial charge is 0.194 e. The number of likely N-dealkylation sites (tertiary alicyclic amines) is 1. The molecule has 1 atom stereocenters. The molecule has 2 heterocycles. The van der Waals surface area contributed by atoms with Gasteiger partial charge in [-0.2, -0.15) is 0 Å². The first kappa shape index (κ1) is 17.2. The molecular formula is C16H28N4OS. The van der Waals surface area contributed by atoms with Crippen molar-refractivity contribution in [2.45, 2.75) is 39.2 Å². The average Bonchev–Trinajstić information content (AvgIpc) is 3.09. The van der Waals surface area contributed by atoms with E-state index < -0.39 is 0 Å². The van der Waals surface area contributed by atoms with Crippen LogP contribution in [0.4, 0.5) is 0 Å². The molecule has 1 N–H and O–H groups in total. The van der Waals surface area contributed by atoms with Crippen LogP contribution in [0.2, 0.25) is 0 Å². The fraction of sp³-hybridized carbons (Fsp3) is 0.750. The van der Waals surface area contributed by atoms with E-state index in [1.807, 2.05) is 7.05 Å². The maximum Gasteiger partial charge on any atom is 0.194 e. The zero-order valence-corrected chi connectivity index (χ0v) is 15.2. The lowest BCUT2D eigenvalue weighted by Crippen LogP contribution is -2.39. The predicted molar refractivity (Wildman–Crippen MR) is 92.6 cm³/mol. The van der Waals surface area contributed by atoms with E-state index in [0.29, 0.717) is 5.92 Å². The van der Waals surface area contributed by atoms with Gasteiger partial charge >= 0.3 is 0 Å². The van der Waals surface area contributed by atoms with E-state index in [-0.39, 0.29) is 5.41 Å². The predicted octanol–water partition coefficient (Wildman–Crippen LogP) is 2.48. The Morgan fingerprint density at radius 1 is 1.55 bits per heavy atom. The standard InChI is InChI=1S/C16H28N4OS/c1-16(2,3)13-11-22-14(19-13)8-18-15(17-4)20-7-6-12(9-20)10-21-5/h11-12H,6-10H2,1-5H3,(H,17,18). The molecule has 1 saturated heterocycles. The molecule has 0 saturated carbocycles. The Kier molecular flexibility index (Phi) is 5.81. The molecule has 1 aromatic heterocycles. The minimum absolute atomic E-state index is 0.110. The number of rotatable bonds is 4. The molecule has 1 unspecified atom stereocenters. The topological polar surface area (TPSA) is 49.8 Å². The van der Waals surface area contributed by atoms with Crippen molar-refractivity contribution in [2.24, 2.45) is 10.9 Å². The molecule has 1 aliphatic heterocycles. The normalized spacial score (nSPS) is 19.8. The van der Waals surface area contributed by atoms with E-state index in [0.717, 1.165) is 42.9 Å². The van der Waals surface area contributed by atoms with Crippen LogP contribution in [-0.4, -0.2) is 49.7 Å². The summed E-state index contributed by atoms with van der Waals surface area (Å²) in [6.45, 7) is 10.2. The molecule has 0 spiro atoms. The van der Waals surface area contributed by atoms with E-state index in [9.17, 15) is 0 Å². The van der Waals surface area contributed by atoms with Crippen LogP contribution in [0.3, 0.4) is 0 Å². The van der Waals surface area contributed by atoms with Crippen LogP contribution in [0.15, 0.2) is 10.4 Å². The van der Waals surface area contributed by atoms with Gasteiger partial charge in [0.05, 0.1) is 18.8 Å². The van der Waals surface area contributed by atoms with Gasteiger partial charge in [-0.25, -0.2) is 4.98 Å². The number of methoxy groups -OCH3 is 1. The summed E-state index contributed by atoms with van der Waals surface area (Å²) in [6.07, 6.45) is 1.17. The minimum atomic E-state index is 0.110. The number of aliphatic imine (C=N–C) groups is 1. The molecule has 2 rings (SSSR count). The Bertz CT molecular complexity index is 506. The van der Waals surface area contributed by atoms with E-state index in [4.69, 9.17) is 9.72 Å². The largest absolute Gasteiger partial charge is 0.384 e. The van der Waals surface area contributed by atoms with Crippen molar-refractivity contribution in [3.63, 3.8) is 0 Å². The van der Waals surface area contributed by atoms with Gasteiger partial charge < -0.3 is 15.0 Å². The van der Waals surface area contributed by atoms with Crippen LogP contribution in [0.5, 0.6) is 0 Å². The molecule has 0 aromatic carbocycles. The Labute approximate surface area is 137 Å². The molecule has 1 fully saturated rings.